The Morgan fingerprint density at radius 1 is 1.29 bits per heavy atom. The van der Waals surface area contributed by atoms with Crippen molar-refractivity contribution >= 4 is 0 Å². The number of nitrogens with two attached hydrogens (primary N) is 1. The third kappa shape index (κ3) is 2.44. The summed E-state index contributed by atoms with van der Waals surface area (Å²) < 4.78 is 11.7. The fourth-order valence-corrected chi connectivity index (χ4v) is 2.44. The fourth-order valence-electron chi connectivity index (χ4n) is 2.44. The minimum atomic E-state index is -0.141. The van der Waals surface area contributed by atoms with E-state index in [0.29, 0.717) is 24.5 Å². The van der Waals surface area contributed by atoms with Crippen LogP contribution in [0.3, 0.4) is 0 Å². The molecule has 0 radical (unpaired) electrons. The predicted molar refractivity (Wildman–Crippen MR) is 80.3 cm³/mol. The maximum Gasteiger partial charge on any atom is 0.169 e. The number of hydrogen-bond donors (Lipinski definition) is 1. The molecule has 0 aliphatic carbocycles. The minimum absolute atomic E-state index is 0.141. The molecule has 0 saturated carbocycles. The molecule has 0 spiro atoms. The van der Waals surface area contributed by atoms with E-state index in [2.05, 4.69) is 6.07 Å². The lowest BCUT2D eigenvalue weighted by Crippen LogP contribution is -2.35. The average molecular weight is 280 g/mol. The van der Waals surface area contributed by atoms with Crippen LogP contribution in [0.1, 0.15) is 11.1 Å². The Hall–Kier alpha value is -2.51. The highest BCUT2D eigenvalue weighted by molar-refractivity contribution is 5.77. The van der Waals surface area contributed by atoms with Gasteiger partial charge in [-0.2, -0.15) is 5.26 Å². The maximum absolute atomic E-state index is 9.10. The second-order valence-corrected chi connectivity index (χ2v) is 5.06. The smallest absolute Gasteiger partial charge is 0.169 e. The van der Waals surface area contributed by atoms with Crippen molar-refractivity contribution in [3.05, 3.63) is 47.5 Å². The Labute approximate surface area is 123 Å². The van der Waals surface area contributed by atoms with Crippen molar-refractivity contribution in [2.45, 2.75) is 13.0 Å². The molecule has 0 fully saturated rings. The van der Waals surface area contributed by atoms with E-state index in [9.17, 15) is 0 Å². The van der Waals surface area contributed by atoms with Crippen molar-refractivity contribution < 1.29 is 9.47 Å². The summed E-state index contributed by atoms with van der Waals surface area (Å²) in [5.41, 5.74) is 9.30. The third-order valence-electron chi connectivity index (χ3n) is 3.61. The molecule has 21 heavy (non-hydrogen) atoms. The van der Waals surface area contributed by atoms with Crippen molar-refractivity contribution in [3.63, 3.8) is 0 Å². The number of hydrogen-bond acceptors (Lipinski definition) is 4. The van der Waals surface area contributed by atoms with Gasteiger partial charge in [-0.25, -0.2) is 0 Å². The number of nitrogens with zero attached hydrogens (tertiary/aromatic N) is 1. The summed E-state index contributed by atoms with van der Waals surface area (Å²) in [7, 11) is 0. The molecule has 2 aromatic carbocycles. The molecular formula is C17H16N2O2. The first-order chi connectivity index (χ1) is 10.2. The fraction of sp³-hybridized carbons (Fsp3) is 0.235. The van der Waals surface area contributed by atoms with E-state index in [1.54, 1.807) is 0 Å². The Kier molecular flexibility index (Phi) is 3.51. The van der Waals surface area contributed by atoms with Gasteiger partial charge in [0, 0.05) is 12.1 Å². The lowest BCUT2D eigenvalue weighted by atomic mass is 9.97. The zero-order valence-electron chi connectivity index (χ0n) is 11.8. The number of fused-ring (bicyclic) bond motifs is 1. The van der Waals surface area contributed by atoms with E-state index >= 15 is 0 Å². The van der Waals surface area contributed by atoms with Gasteiger partial charge in [0.1, 0.15) is 12.7 Å². The summed E-state index contributed by atoms with van der Waals surface area (Å²) in [6.07, 6.45) is -0.141. The number of ether oxygens (including phenoxy) is 2. The zero-order valence-corrected chi connectivity index (χ0v) is 11.8. The molecule has 1 aliphatic heterocycles. The molecule has 1 aliphatic rings. The molecule has 0 amide bonds. The maximum atomic E-state index is 9.10. The summed E-state index contributed by atoms with van der Waals surface area (Å²) in [4.78, 5) is 0. The monoisotopic (exact) mass is 280 g/mol. The SMILES string of the molecule is Cc1ccc(C#N)cc1-c1cccc2c1O[C@@H](CN)CO2. The Bertz CT molecular complexity index is 719. The van der Waals surface area contributed by atoms with E-state index in [4.69, 9.17) is 20.5 Å². The van der Waals surface area contributed by atoms with Crippen LogP contribution in [0.5, 0.6) is 11.5 Å². The number of benzene rings is 2. The predicted octanol–water partition coefficient (Wildman–Crippen LogP) is 2.63. The highest BCUT2D eigenvalue weighted by atomic mass is 16.6. The van der Waals surface area contributed by atoms with Crippen LogP contribution < -0.4 is 15.2 Å². The van der Waals surface area contributed by atoms with Crippen LogP contribution in [-0.2, 0) is 0 Å². The highest BCUT2D eigenvalue weighted by Crippen LogP contribution is 2.42. The van der Waals surface area contributed by atoms with Gasteiger partial charge in [0.2, 0.25) is 0 Å². The van der Waals surface area contributed by atoms with E-state index in [1.165, 1.54) is 0 Å². The quantitative estimate of drug-likeness (QED) is 0.918. The van der Waals surface area contributed by atoms with Crippen LogP contribution >= 0.6 is 0 Å². The van der Waals surface area contributed by atoms with Crippen LogP contribution in [0.15, 0.2) is 36.4 Å². The third-order valence-corrected chi connectivity index (χ3v) is 3.61. The topological polar surface area (TPSA) is 68.3 Å². The lowest BCUT2D eigenvalue weighted by Gasteiger charge is -2.27. The first-order valence-corrected chi connectivity index (χ1v) is 6.86. The van der Waals surface area contributed by atoms with Crippen molar-refractivity contribution in [2.75, 3.05) is 13.2 Å². The molecule has 2 aromatic rings. The van der Waals surface area contributed by atoms with Crippen molar-refractivity contribution in [3.8, 4) is 28.7 Å². The van der Waals surface area contributed by atoms with Gasteiger partial charge in [0.15, 0.2) is 11.5 Å². The van der Waals surface area contributed by atoms with Gasteiger partial charge >= 0.3 is 0 Å². The van der Waals surface area contributed by atoms with Gasteiger partial charge in [-0.3, -0.25) is 0 Å². The zero-order chi connectivity index (χ0) is 14.8. The van der Waals surface area contributed by atoms with Crippen molar-refractivity contribution in [2.24, 2.45) is 5.73 Å². The number of aryl methyl sites for hydroxylation is 1. The average Bonchev–Trinajstić information content (AvgIpc) is 2.54. The molecule has 2 N–H and O–H groups in total. The van der Waals surface area contributed by atoms with E-state index in [-0.39, 0.29) is 6.10 Å². The molecule has 1 heterocycles. The standard InChI is InChI=1S/C17H16N2O2/c1-11-5-6-12(8-18)7-15(11)14-3-2-4-16-17(14)21-13(9-19)10-20-16/h2-7,13H,9-10,19H2,1H3/t13-/m0/s1. The summed E-state index contributed by atoms with van der Waals surface area (Å²) in [5, 5.41) is 9.10. The minimum Gasteiger partial charge on any atom is -0.486 e. The number of nitriles is 1. The van der Waals surface area contributed by atoms with Gasteiger partial charge in [-0.1, -0.05) is 18.2 Å². The van der Waals surface area contributed by atoms with Crippen LogP contribution in [0.4, 0.5) is 0 Å². The van der Waals surface area contributed by atoms with E-state index in [1.807, 2.05) is 43.3 Å². The van der Waals surface area contributed by atoms with Crippen LogP contribution in [0, 0.1) is 18.3 Å². The summed E-state index contributed by atoms with van der Waals surface area (Å²) in [6, 6.07) is 13.6. The summed E-state index contributed by atoms with van der Waals surface area (Å²) in [6.45, 7) is 2.88. The number of para-hydroxylation sites is 1. The Morgan fingerprint density at radius 2 is 2.14 bits per heavy atom. The van der Waals surface area contributed by atoms with Gasteiger partial charge < -0.3 is 15.2 Å². The molecule has 0 unspecified atom stereocenters. The molecule has 0 bridgehead atoms. The molecule has 3 rings (SSSR count). The van der Waals surface area contributed by atoms with Crippen molar-refractivity contribution in [1.82, 2.24) is 0 Å². The first-order valence-electron chi connectivity index (χ1n) is 6.86. The van der Waals surface area contributed by atoms with Crippen LogP contribution in [-0.4, -0.2) is 19.3 Å². The Balaban J connectivity index is 2.14. The summed E-state index contributed by atoms with van der Waals surface area (Å²) in [5.74, 6) is 1.43. The van der Waals surface area contributed by atoms with Gasteiger partial charge in [0.05, 0.1) is 11.6 Å². The molecule has 1 atom stereocenters. The lowest BCUT2D eigenvalue weighted by molar-refractivity contribution is 0.0976. The largest absolute Gasteiger partial charge is 0.486 e. The number of rotatable bonds is 2. The molecule has 4 heteroatoms. The highest BCUT2D eigenvalue weighted by Gasteiger charge is 2.23. The summed E-state index contributed by atoms with van der Waals surface area (Å²) >= 11 is 0. The second kappa shape index (κ2) is 5.47. The van der Waals surface area contributed by atoms with Gasteiger partial charge in [0.25, 0.3) is 0 Å². The molecule has 0 aromatic heterocycles. The molecule has 106 valence electrons. The van der Waals surface area contributed by atoms with E-state index < -0.39 is 0 Å². The first kappa shape index (κ1) is 13.5. The van der Waals surface area contributed by atoms with E-state index in [0.717, 1.165) is 22.4 Å². The molecule has 4 nitrogen and oxygen atoms in total. The van der Waals surface area contributed by atoms with Gasteiger partial charge in [-0.05, 0) is 36.2 Å². The molecule has 0 saturated heterocycles. The van der Waals surface area contributed by atoms with Crippen LogP contribution in [0.25, 0.3) is 11.1 Å². The van der Waals surface area contributed by atoms with Crippen molar-refractivity contribution in [1.29, 1.82) is 5.26 Å². The Morgan fingerprint density at radius 3 is 2.90 bits per heavy atom. The van der Waals surface area contributed by atoms with Crippen LogP contribution in [0.2, 0.25) is 0 Å². The van der Waals surface area contributed by atoms with Gasteiger partial charge in [-0.15, -0.1) is 0 Å². The normalized spacial score (nSPS) is 16.3. The molecular weight excluding hydrogens is 264 g/mol. The second-order valence-electron chi connectivity index (χ2n) is 5.06.